The molecule has 0 aliphatic heterocycles. The van der Waals surface area contributed by atoms with E-state index in [0.29, 0.717) is 18.8 Å². The lowest BCUT2D eigenvalue weighted by molar-refractivity contribution is -0.192. The van der Waals surface area contributed by atoms with Crippen molar-refractivity contribution in [3.05, 3.63) is 60.2 Å². The molecule has 8 nitrogen and oxygen atoms in total. The largest absolute Gasteiger partial charge is 0.490 e. The Morgan fingerprint density at radius 2 is 1.62 bits per heavy atom. The molecule has 0 radical (unpaired) electrons. The third-order valence-corrected chi connectivity index (χ3v) is 6.38. The van der Waals surface area contributed by atoms with Crippen molar-refractivity contribution < 1.29 is 41.0 Å². The molecule has 186 valence electrons. The first-order valence-electron chi connectivity index (χ1n) is 10.2. The van der Waals surface area contributed by atoms with Crippen LogP contribution in [0.1, 0.15) is 24.8 Å². The second kappa shape index (κ2) is 11.3. The summed E-state index contributed by atoms with van der Waals surface area (Å²) in [6.45, 7) is 1.20. The minimum absolute atomic E-state index is 0.0243. The van der Waals surface area contributed by atoms with Gasteiger partial charge < -0.3 is 15.2 Å². The maximum atomic E-state index is 12.5. The van der Waals surface area contributed by atoms with E-state index < -0.39 is 27.6 Å². The summed E-state index contributed by atoms with van der Waals surface area (Å²) < 4.78 is 64.1. The second-order valence-electron chi connectivity index (χ2n) is 7.48. The fourth-order valence-electron chi connectivity index (χ4n) is 3.03. The van der Waals surface area contributed by atoms with Gasteiger partial charge >= 0.3 is 12.1 Å². The molecule has 0 saturated heterocycles. The van der Waals surface area contributed by atoms with E-state index in [1.807, 2.05) is 12.1 Å². The van der Waals surface area contributed by atoms with Crippen molar-refractivity contribution in [2.45, 2.75) is 35.7 Å². The number of nitrogens with one attached hydrogen (secondary N) is 2. The summed E-state index contributed by atoms with van der Waals surface area (Å²) in [5.74, 6) is -2.73. The van der Waals surface area contributed by atoms with E-state index in [0.717, 1.165) is 24.8 Å². The van der Waals surface area contributed by atoms with Gasteiger partial charge in [0, 0.05) is 25.9 Å². The first-order chi connectivity index (χ1) is 15.9. The highest BCUT2D eigenvalue weighted by atomic mass is 32.2. The lowest BCUT2D eigenvalue weighted by Crippen LogP contribution is -2.35. The molecule has 1 aliphatic carbocycles. The van der Waals surface area contributed by atoms with Crippen LogP contribution in [0.3, 0.4) is 0 Å². The van der Waals surface area contributed by atoms with Crippen LogP contribution < -0.4 is 10.0 Å². The summed E-state index contributed by atoms with van der Waals surface area (Å²) in [4.78, 5) is 21.6. The summed E-state index contributed by atoms with van der Waals surface area (Å²) >= 11 is 0. The van der Waals surface area contributed by atoms with Crippen molar-refractivity contribution in [1.29, 1.82) is 0 Å². The maximum Gasteiger partial charge on any atom is 0.490 e. The summed E-state index contributed by atoms with van der Waals surface area (Å²) in [6.07, 6.45) is -2.70. The van der Waals surface area contributed by atoms with Crippen molar-refractivity contribution in [1.82, 2.24) is 5.32 Å². The van der Waals surface area contributed by atoms with Crippen LogP contribution in [0.25, 0.3) is 0 Å². The first-order valence-corrected chi connectivity index (χ1v) is 11.7. The molecule has 1 saturated carbocycles. The predicted octanol–water partition coefficient (Wildman–Crippen LogP) is 3.31. The number of carbonyl (C=O) groups is 2. The number of rotatable bonds is 9. The molecule has 3 N–H and O–H groups in total. The minimum atomic E-state index is -5.08. The number of carboxylic acids is 1. The van der Waals surface area contributed by atoms with Crippen LogP contribution in [-0.2, 0) is 29.8 Å². The number of carbonyl (C=O) groups excluding carboxylic acids is 1. The molecule has 0 heterocycles. The van der Waals surface area contributed by atoms with Crippen LogP contribution >= 0.6 is 0 Å². The highest BCUT2D eigenvalue weighted by Gasteiger charge is 2.51. The number of aliphatic carboxylic acids is 1. The van der Waals surface area contributed by atoms with Crippen LogP contribution in [0.5, 0.6) is 0 Å². The average Bonchev–Trinajstić information content (AvgIpc) is 3.59. The van der Waals surface area contributed by atoms with Crippen molar-refractivity contribution in [3.8, 4) is 0 Å². The fraction of sp³-hybridized carbons (Fsp3) is 0.364. The Bertz CT molecular complexity index is 1070. The second-order valence-corrected chi connectivity index (χ2v) is 9.17. The number of carboxylic acid groups (broad SMARTS) is 1. The van der Waals surface area contributed by atoms with E-state index >= 15 is 0 Å². The number of alkyl halides is 3. The molecule has 34 heavy (non-hydrogen) atoms. The number of anilines is 1. The van der Waals surface area contributed by atoms with Crippen molar-refractivity contribution >= 4 is 27.6 Å². The number of methoxy groups -OCH3 is 1. The normalized spacial score (nSPS) is 14.4. The van der Waals surface area contributed by atoms with Gasteiger partial charge in [0.1, 0.15) is 0 Å². The third-order valence-electron chi connectivity index (χ3n) is 4.98. The van der Waals surface area contributed by atoms with Crippen molar-refractivity contribution in [3.63, 3.8) is 0 Å². The number of hydrogen-bond acceptors (Lipinski definition) is 5. The number of ether oxygens (including phenoxy) is 1. The Morgan fingerprint density at radius 1 is 1.06 bits per heavy atom. The summed E-state index contributed by atoms with van der Waals surface area (Å²) in [5, 5.41) is 10.1. The van der Waals surface area contributed by atoms with Gasteiger partial charge in [0.2, 0.25) is 5.91 Å². The SMILES string of the molecule is COCCCNC(=O)C1(c2ccc(NS(=O)(=O)c3ccccc3)cc2)CC1.O=C(O)C(F)(F)F. The molecule has 2 aromatic carbocycles. The quantitative estimate of drug-likeness (QED) is 0.453. The van der Waals surface area contributed by atoms with Crippen molar-refractivity contribution in [2.75, 3.05) is 25.0 Å². The minimum Gasteiger partial charge on any atom is -0.475 e. The van der Waals surface area contributed by atoms with Crippen LogP contribution in [-0.4, -0.2) is 51.8 Å². The lowest BCUT2D eigenvalue weighted by atomic mass is 9.95. The third kappa shape index (κ3) is 7.45. The molecule has 0 bridgehead atoms. The van der Waals surface area contributed by atoms with Gasteiger partial charge in [-0.15, -0.1) is 0 Å². The summed E-state index contributed by atoms with van der Waals surface area (Å²) in [7, 11) is -1.98. The lowest BCUT2D eigenvalue weighted by Gasteiger charge is -2.16. The van der Waals surface area contributed by atoms with Gasteiger partial charge in [0.15, 0.2) is 0 Å². The van der Waals surface area contributed by atoms with E-state index in [1.165, 1.54) is 0 Å². The van der Waals surface area contributed by atoms with Crippen LogP contribution in [0.2, 0.25) is 0 Å². The Labute approximate surface area is 195 Å². The molecular weight excluding hydrogens is 477 g/mol. The number of amides is 1. The number of benzene rings is 2. The zero-order valence-corrected chi connectivity index (χ0v) is 19.1. The highest BCUT2D eigenvalue weighted by molar-refractivity contribution is 7.92. The van der Waals surface area contributed by atoms with Gasteiger partial charge in [-0.3, -0.25) is 9.52 Å². The Balaban J connectivity index is 0.000000509. The van der Waals surface area contributed by atoms with Gasteiger partial charge in [0.05, 0.1) is 10.3 Å². The molecule has 0 unspecified atom stereocenters. The predicted molar refractivity (Wildman–Crippen MR) is 118 cm³/mol. The molecule has 1 amide bonds. The summed E-state index contributed by atoms with van der Waals surface area (Å²) in [6, 6.07) is 15.3. The standard InChI is InChI=1S/C20H24N2O4S.C2HF3O2/c1-26-15-5-14-21-19(23)20(12-13-20)16-8-10-17(11-9-16)22-27(24,25)18-6-3-2-4-7-18;3-2(4,5)1(6)7/h2-4,6-11,22H,5,12-15H2,1H3,(H,21,23);(H,6,7). The summed E-state index contributed by atoms with van der Waals surface area (Å²) in [5.41, 5.74) is 0.900. The van der Waals surface area contributed by atoms with Crippen LogP contribution in [0, 0.1) is 0 Å². The topological polar surface area (TPSA) is 122 Å². The van der Waals surface area contributed by atoms with Gasteiger partial charge in [-0.05, 0) is 49.1 Å². The van der Waals surface area contributed by atoms with E-state index in [1.54, 1.807) is 49.6 Å². The van der Waals surface area contributed by atoms with Gasteiger partial charge in [-0.25, -0.2) is 13.2 Å². The molecule has 12 heteroatoms. The smallest absolute Gasteiger partial charge is 0.475 e. The molecule has 3 rings (SSSR count). The molecule has 2 aromatic rings. The van der Waals surface area contributed by atoms with Gasteiger partial charge in [0.25, 0.3) is 10.0 Å². The van der Waals surface area contributed by atoms with Gasteiger partial charge in [-0.2, -0.15) is 13.2 Å². The molecule has 0 aromatic heterocycles. The van der Waals surface area contributed by atoms with E-state index in [4.69, 9.17) is 14.6 Å². The number of halogens is 3. The van der Waals surface area contributed by atoms with Crippen LogP contribution in [0.4, 0.5) is 18.9 Å². The highest BCUT2D eigenvalue weighted by Crippen LogP contribution is 2.48. The number of hydrogen-bond donors (Lipinski definition) is 3. The zero-order chi connectivity index (χ0) is 25.4. The monoisotopic (exact) mass is 502 g/mol. The van der Waals surface area contributed by atoms with E-state index in [-0.39, 0.29) is 10.8 Å². The average molecular weight is 503 g/mol. The maximum absolute atomic E-state index is 12.5. The Morgan fingerprint density at radius 3 is 2.09 bits per heavy atom. The first kappa shape index (κ1) is 27.1. The van der Waals surface area contributed by atoms with Crippen molar-refractivity contribution in [2.24, 2.45) is 0 Å². The Kier molecular flexibility index (Phi) is 9.05. The zero-order valence-electron chi connectivity index (χ0n) is 18.3. The fourth-order valence-corrected chi connectivity index (χ4v) is 4.11. The van der Waals surface area contributed by atoms with E-state index in [9.17, 15) is 26.4 Å². The molecule has 0 spiro atoms. The number of sulfonamides is 1. The molecule has 1 fully saturated rings. The van der Waals surface area contributed by atoms with Crippen LogP contribution in [0.15, 0.2) is 59.5 Å². The molecule has 0 atom stereocenters. The van der Waals surface area contributed by atoms with Gasteiger partial charge in [-0.1, -0.05) is 30.3 Å². The molecule has 1 aliphatic rings. The van der Waals surface area contributed by atoms with E-state index in [2.05, 4.69) is 10.0 Å². The Hall–Kier alpha value is -3.12. The molecular formula is C22H25F3N2O6S.